The minimum absolute atomic E-state index is 0.302. The summed E-state index contributed by atoms with van der Waals surface area (Å²) in [5.41, 5.74) is 0.628. The Balaban J connectivity index is 1.83. The van der Waals surface area contributed by atoms with Crippen LogP contribution in [0.25, 0.3) is 0 Å². The summed E-state index contributed by atoms with van der Waals surface area (Å²) in [4.78, 5) is 27.9. The molecule has 0 fully saturated rings. The molecule has 2 unspecified atom stereocenters. The molecule has 0 aromatic heterocycles. The zero-order valence-corrected chi connectivity index (χ0v) is 18.6. The van der Waals surface area contributed by atoms with Crippen LogP contribution in [-0.4, -0.2) is 22.8 Å². The smallest absolute Gasteiger partial charge is 0.264 e. The number of hydrogen-bond acceptors (Lipinski definition) is 3. The van der Waals surface area contributed by atoms with Crippen molar-refractivity contribution in [2.45, 2.75) is 25.6 Å². The van der Waals surface area contributed by atoms with Crippen LogP contribution in [0.2, 0.25) is 0 Å². The van der Waals surface area contributed by atoms with Crippen LogP contribution in [0.5, 0.6) is 5.75 Å². The van der Waals surface area contributed by atoms with E-state index in [1.807, 2.05) is 0 Å². The number of nitrogens with one attached hydrogen (secondary N) is 1. The summed E-state index contributed by atoms with van der Waals surface area (Å²) in [5.74, 6) is -2.34. The molecular formula is C24H19BrF2N2O3. The van der Waals surface area contributed by atoms with E-state index in [2.05, 4.69) is 21.2 Å². The van der Waals surface area contributed by atoms with E-state index in [9.17, 15) is 18.4 Å². The van der Waals surface area contributed by atoms with E-state index < -0.39 is 42.1 Å². The first-order valence-electron chi connectivity index (χ1n) is 9.90. The molecule has 3 aromatic rings. The molecule has 164 valence electrons. The molecule has 5 nitrogen and oxygen atoms in total. The number of anilines is 1. The maximum Gasteiger partial charge on any atom is 0.264 e. The molecule has 0 saturated heterocycles. The molecule has 0 saturated carbocycles. The number of benzene rings is 3. The molecule has 2 amide bonds. The molecule has 0 bridgehead atoms. The van der Waals surface area contributed by atoms with Gasteiger partial charge in [-0.15, -0.1) is 0 Å². The van der Waals surface area contributed by atoms with Gasteiger partial charge in [-0.05, 0) is 49.4 Å². The molecule has 0 spiro atoms. The first-order chi connectivity index (χ1) is 15.3. The van der Waals surface area contributed by atoms with Gasteiger partial charge in [-0.2, -0.15) is 0 Å². The highest BCUT2D eigenvalue weighted by molar-refractivity contribution is 9.10. The average Bonchev–Trinajstić information content (AvgIpc) is 2.86. The van der Waals surface area contributed by atoms with Gasteiger partial charge in [0.25, 0.3) is 11.8 Å². The topological polar surface area (TPSA) is 58.6 Å². The molecule has 8 heteroatoms. The van der Waals surface area contributed by atoms with Gasteiger partial charge in [0.1, 0.15) is 23.4 Å². The Morgan fingerprint density at radius 3 is 2.44 bits per heavy atom. The normalized spacial score (nSPS) is 17.9. The van der Waals surface area contributed by atoms with E-state index >= 15 is 0 Å². The van der Waals surface area contributed by atoms with Gasteiger partial charge in [0, 0.05) is 21.3 Å². The van der Waals surface area contributed by atoms with E-state index in [-0.39, 0.29) is 5.56 Å². The monoisotopic (exact) mass is 500 g/mol. The maximum absolute atomic E-state index is 14.4. The Hall–Kier alpha value is -3.26. The van der Waals surface area contributed by atoms with Crippen molar-refractivity contribution >= 4 is 33.4 Å². The fraction of sp³-hybridized carbons (Fsp3) is 0.167. The minimum Gasteiger partial charge on any atom is -0.481 e. The first kappa shape index (κ1) is 22.0. The summed E-state index contributed by atoms with van der Waals surface area (Å²) in [6.45, 7) is 1.10. The molecular weight excluding hydrogens is 482 g/mol. The predicted molar refractivity (Wildman–Crippen MR) is 119 cm³/mol. The lowest BCUT2D eigenvalue weighted by molar-refractivity contribution is -0.143. The van der Waals surface area contributed by atoms with Gasteiger partial charge in [-0.25, -0.2) is 8.78 Å². The zero-order valence-electron chi connectivity index (χ0n) is 17.0. The van der Waals surface area contributed by atoms with Gasteiger partial charge in [0.2, 0.25) is 0 Å². The van der Waals surface area contributed by atoms with Crippen LogP contribution in [-0.2, 0) is 16.1 Å². The van der Waals surface area contributed by atoms with Crippen molar-refractivity contribution in [2.24, 2.45) is 0 Å². The Bertz CT molecular complexity index is 1150. The van der Waals surface area contributed by atoms with Crippen LogP contribution < -0.4 is 10.1 Å². The maximum atomic E-state index is 14.4. The van der Waals surface area contributed by atoms with Crippen molar-refractivity contribution in [1.29, 1.82) is 0 Å². The molecule has 3 aromatic carbocycles. The second-order valence-electron chi connectivity index (χ2n) is 7.37. The van der Waals surface area contributed by atoms with Crippen LogP contribution in [0.4, 0.5) is 14.5 Å². The summed E-state index contributed by atoms with van der Waals surface area (Å²) in [6, 6.07) is 16.1. The van der Waals surface area contributed by atoms with E-state index in [0.717, 1.165) is 17.0 Å². The number of rotatable bonds is 4. The van der Waals surface area contributed by atoms with Crippen molar-refractivity contribution in [3.8, 4) is 5.75 Å². The number of para-hydroxylation sites is 1. The largest absolute Gasteiger partial charge is 0.481 e. The molecule has 1 aliphatic heterocycles. The highest BCUT2D eigenvalue weighted by Crippen LogP contribution is 2.38. The molecule has 0 aliphatic carbocycles. The third-order valence-corrected chi connectivity index (χ3v) is 5.69. The molecule has 1 N–H and O–H groups in total. The van der Waals surface area contributed by atoms with Crippen LogP contribution in [0, 0.1) is 11.6 Å². The quantitative estimate of drug-likeness (QED) is 0.534. The van der Waals surface area contributed by atoms with Gasteiger partial charge in [0.15, 0.2) is 6.10 Å². The Kier molecular flexibility index (Phi) is 6.23. The van der Waals surface area contributed by atoms with Gasteiger partial charge >= 0.3 is 0 Å². The van der Waals surface area contributed by atoms with Gasteiger partial charge in [0.05, 0.1) is 6.54 Å². The number of fused-ring (bicyclic) bond motifs is 1. The molecule has 1 heterocycles. The fourth-order valence-electron chi connectivity index (χ4n) is 3.65. The van der Waals surface area contributed by atoms with Crippen LogP contribution in [0.3, 0.4) is 0 Å². The lowest BCUT2D eigenvalue weighted by atomic mass is 10.0. The van der Waals surface area contributed by atoms with Crippen LogP contribution in [0.1, 0.15) is 24.1 Å². The summed E-state index contributed by atoms with van der Waals surface area (Å²) in [6.07, 6.45) is -0.959. The van der Waals surface area contributed by atoms with E-state index in [1.165, 1.54) is 13.0 Å². The third kappa shape index (κ3) is 4.36. The van der Waals surface area contributed by atoms with Crippen molar-refractivity contribution in [1.82, 2.24) is 4.90 Å². The second-order valence-corrected chi connectivity index (χ2v) is 8.28. The highest BCUT2D eigenvalue weighted by atomic mass is 79.9. The number of carbonyl (C=O) groups excluding carboxylic acids is 2. The highest BCUT2D eigenvalue weighted by Gasteiger charge is 2.40. The predicted octanol–water partition coefficient (Wildman–Crippen LogP) is 5.22. The third-order valence-electron chi connectivity index (χ3n) is 5.19. The zero-order chi connectivity index (χ0) is 22.8. The summed E-state index contributed by atoms with van der Waals surface area (Å²) >= 11 is 3.39. The first-order valence-corrected chi connectivity index (χ1v) is 10.7. The van der Waals surface area contributed by atoms with E-state index in [0.29, 0.717) is 21.5 Å². The number of nitrogens with zero attached hydrogens (tertiary/aromatic N) is 1. The van der Waals surface area contributed by atoms with Crippen molar-refractivity contribution < 1.29 is 23.1 Å². The number of halogens is 3. The number of ether oxygens (including phenoxy) is 1. The average molecular weight is 501 g/mol. The number of amides is 2. The Morgan fingerprint density at radius 1 is 1.06 bits per heavy atom. The molecule has 4 rings (SSSR count). The van der Waals surface area contributed by atoms with Crippen molar-refractivity contribution in [3.63, 3.8) is 0 Å². The lowest BCUT2D eigenvalue weighted by Crippen LogP contribution is -2.44. The SMILES string of the molecule is CC1Oc2ccc(Br)cc2C(C(=O)Nc2ccccc2)N(Cc2c(F)cccc2F)C1=O. The number of hydrogen-bond donors (Lipinski definition) is 1. The van der Waals surface area contributed by atoms with Gasteiger partial charge in [-0.1, -0.05) is 40.2 Å². The van der Waals surface area contributed by atoms with Gasteiger partial charge < -0.3 is 15.0 Å². The molecule has 0 radical (unpaired) electrons. The van der Waals surface area contributed by atoms with Crippen molar-refractivity contribution in [3.05, 3.63) is 94.0 Å². The van der Waals surface area contributed by atoms with Crippen LogP contribution >= 0.6 is 15.9 Å². The molecule has 2 atom stereocenters. The summed E-state index contributed by atoms with van der Waals surface area (Å²) in [7, 11) is 0. The Labute approximate surface area is 192 Å². The van der Waals surface area contributed by atoms with E-state index in [1.54, 1.807) is 48.5 Å². The fourth-order valence-corrected chi connectivity index (χ4v) is 4.03. The second kappa shape index (κ2) is 9.08. The number of carbonyl (C=O) groups is 2. The lowest BCUT2D eigenvalue weighted by Gasteiger charge is -2.30. The van der Waals surface area contributed by atoms with Crippen molar-refractivity contribution in [2.75, 3.05) is 5.32 Å². The summed E-state index contributed by atoms with van der Waals surface area (Å²) < 4.78 is 35.4. The molecule has 1 aliphatic rings. The van der Waals surface area contributed by atoms with Gasteiger partial charge in [-0.3, -0.25) is 9.59 Å². The van der Waals surface area contributed by atoms with Crippen LogP contribution in [0.15, 0.2) is 71.2 Å². The molecule has 32 heavy (non-hydrogen) atoms. The van der Waals surface area contributed by atoms with E-state index in [4.69, 9.17) is 4.74 Å². The summed E-state index contributed by atoms with van der Waals surface area (Å²) in [5, 5.41) is 2.79. The standard InChI is InChI=1S/C24H19BrF2N2O3/c1-14-24(31)29(13-18-19(26)8-5-9-20(18)27)22(17-12-15(25)10-11-21(17)32-14)23(30)28-16-6-3-2-4-7-16/h2-12,14,22H,13H2,1H3,(H,28,30). The minimum atomic E-state index is -1.18. The Morgan fingerprint density at radius 2 is 1.75 bits per heavy atom.